The normalized spacial score (nSPS) is 28.8. The minimum Gasteiger partial charge on any atom is -0.339 e. The lowest BCUT2D eigenvalue weighted by Gasteiger charge is -2.35. The smallest absolute Gasteiger partial charge is 0.240 e. The first-order chi connectivity index (χ1) is 9.45. The zero-order valence-corrected chi connectivity index (χ0v) is 13.2. The molecule has 2 heterocycles. The van der Waals surface area contributed by atoms with Crippen LogP contribution in [-0.2, 0) is 14.8 Å². The Labute approximate surface area is 121 Å². The summed E-state index contributed by atoms with van der Waals surface area (Å²) in [4.78, 5) is 14.2. The van der Waals surface area contributed by atoms with Crippen LogP contribution in [0.2, 0.25) is 0 Å². The van der Waals surface area contributed by atoms with Crippen LogP contribution in [-0.4, -0.2) is 68.0 Å². The topological polar surface area (TPSA) is 69.7 Å². The van der Waals surface area contributed by atoms with E-state index < -0.39 is 10.0 Å². The third-order valence-corrected chi connectivity index (χ3v) is 6.28. The molecule has 7 heteroatoms. The average Bonchev–Trinajstić information content (AvgIpc) is 2.84. The second-order valence-corrected chi connectivity index (χ2v) is 7.83. The van der Waals surface area contributed by atoms with Crippen LogP contribution in [0.3, 0.4) is 0 Å². The van der Waals surface area contributed by atoms with Crippen molar-refractivity contribution in [3.05, 3.63) is 0 Å². The van der Waals surface area contributed by atoms with E-state index in [-0.39, 0.29) is 17.7 Å². The molecule has 0 aromatic heterocycles. The molecule has 1 amide bonds. The minimum absolute atomic E-state index is 0.0891. The number of hydrogen-bond acceptors (Lipinski definition) is 4. The van der Waals surface area contributed by atoms with Gasteiger partial charge in [-0.25, -0.2) is 8.42 Å². The van der Waals surface area contributed by atoms with E-state index in [4.69, 9.17) is 0 Å². The van der Waals surface area contributed by atoms with Gasteiger partial charge in [0.05, 0.1) is 11.8 Å². The molecule has 0 aliphatic carbocycles. The quantitative estimate of drug-likeness (QED) is 0.785. The van der Waals surface area contributed by atoms with Crippen molar-refractivity contribution >= 4 is 15.9 Å². The van der Waals surface area contributed by atoms with Crippen LogP contribution in [0.5, 0.6) is 0 Å². The monoisotopic (exact) mass is 303 g/mol. The Morgan fingerprint density at radius 1 is 1.25 bits per heavy atom. The highest BCUT2D eigenvalue weighted by Gasteiger charge is 2.35. The van der Waals surface area contributed by atoms with E-state index in [9.17, 15) is 13.2 Å². The zero-order chi connectivity index (χ0) is 14.8. The van der Waals surface area contributed by atoms with Gasteiger partial charge in [0.2, 0.25) is 15.9 Å². The number of hydrogen-bond donors (Lipinski definition) is 1. The molecular formula is C13H25N3O3S. The Kier molecular flexibility index (Phi) is 5.04. The van der Waals surface area contributed by atoms with Gasteiger partial charge in [0.15, 0.2) is 0 Å². The van der Waals surface area contributed by atoms with Gasteiger partial charge in [0.1, 0.15) is 0 Å². The van der Waals surface area contributed by atoms with E-state index in [0.29, 0.717) is 38.5 Å². The van der Waals surface area contributed by atoms with Crippen LogP contribution in [0.25, 0.3) is 0 Å². The maximum Gasteiger partial charge on any atom is 0.240 e. The first-order valence-electron chi connectivity index (χ1n) is 7.45. The lowest BCUT2D eigenvalue weighted by Crippen LogP contribution is -2.55. The van der Waals surface area contributed by atoms with Crippen molar-refractivity contribution in [1.29, 1.82) is 0 Å². The highest BCUT2D eigenvalue weighted by molar-refractivity contribution is 7.89. The van der Waals surface area contributed by atoms with Gasteiger partial charge in [0.25, 0.3) is 0 Å². The van der Waals surface area contributed by atoms with Crippen molar-refractivity contribution in [1.82, 2.24) is 14.5 Å². The zero-order valence-electron chi connectivity index (χ0n) is 12.3. The van der Waals surface area contributed by atoms with Crippen molar-refractivity contribution in [2.75, 3.05) is 38.5 Å². The molecule has 2 unspecified atom stereocenters. The number of amides is 1. The summed E-state index contributed by atoms with van der Waals surface area (Å²) < 4.78 is 25.5. The molecule has 0 bridgehead atoms. The molecule has 20 heavy (non-hydrogen) atoms. The number of nitrogens with one attached hydrogen (secondary N) is 1. The predicted molar refractivity (Wildman–Crippen MR) is 77.8 cm³/mol. The molecule has 0 radical (unpaired) electrons. The van der Waals surface area contributed by atoms with Gasteiger partial charge >= 0.3 is 0 Å². The molecular weight excluding hydrogens is 278 g/mol. The summed E-state index contributed by atoms with van der Waals surface area (Å²) in [5, 5.41) is 3.24. The van der Waals surface area contributed by atoms with E-state index >= 15 is 0 Å². The van der Waals surface area contributed by atoms with Crippen LogP contribution >= 0.6 is 0 Å². The third-order valence-electron chi connectivity index (χ3n) is 4.20. The summed E-state index contributed by atoms with van der Waals surface area (Å²) in [5.41, 5.74) is 0. The van der Waals surface area contributed by atoms with E-state index in [2.05, 4.69) is 12.2 Å². The molecule has 2 fully saturated rings. The maximum atomic E-state index is 12.4. The highest BCUT2D eigenvalue weighted by Crippen LogP contribution is 2.18. The summed E-state index contributed by atoms with van der Waals surface area (Å²) in [6, 6.07) is -0.0891. The number of piperazine rings is 1. The van der Waals surface area contributed by atoms with Crippen LogP contribution in [0.4, 0.5) is 0 Å². The van der Waals surface area contributed by atoms with Gasteiger partial charge in [0, 0.05) is 26.2 Å². The Hall–Kier alpha value is -0.660. The second-order valence-electron chi connectivity index (χ2n) is 5.74. The third kappa shape index (κ3) is 3.32. The van der Waals surface area contributed by atoms with Crippen molar-refractivity contribution in [3.8, 4) is 0 Å². The molecule has 2 atom stereocenters. The summed E-state index contributed by atoms with van der Waals surface area (Å²) in [7, 11) is -3.13. The number of carbonyl (C=O) groups is 1. The number of nitrogens with zero attached hydrogens (tertiary/aromatic N) is 2. The van der Waals surface area contributed by atoms with Crippen molar-refractivity contribution in [3.63, 3.8) is 0 Å². The number of rotatable bonds is 4. The highest BCUT2D eigenvalue weighted by atomic mass is 32.2. The molecule has 2 rings (SSSR count). The number of sulfonamides is 1. The van der Waals surface area contributed by atoms with Gasteiger partial charge in [-0.2, -0.15) is 4.31 Å². The fourth-order valence-corrected chi connectivity index (χ4v) is 4.43. The summed E-state index contributed by atoms with van der Waals surface area (Å²) in [6.07, 6.45) is 1.66. The van der Waals surface area contributed by atoms with Crippen molar-refractivity contribution < 1.29 is 13.2 Å². The average molecular weight is 303 g/mol. The minimum atomic E-state index is -3.13. The molecule has 0 spiro atoms. The van der Waals surface area contributed by atoms with Crippen LogP contribution in [0.1, 0.15) is 26.7 Å². The first-order valence-corrected chi connectivity index (χ1v) is 9.06. The fourth-order valence-electron chi connectivity index (χ4n) is 2.94. The Morgan fingerprint density at radius 2 is 1.90 bits per heavy atom. The summed E-state index contributed by atoms with van der Waals surface area (Å²) in [5.74, 6) is 0.689. The molecule has 6 nitrogen and oxygen atoms in total. The summed E-state index contributed by atoms with van der Waals surface area (Å²) in [6.45, 7) is 6.71. The van der Waals surface area contributed by atoms with E-state index in [1.807, 2.05) is 6.92 Å². The molecule has 1 N–H and O–H groups in total. The molecule has 0 saturated carbocycles. The van der Waals surface area contributed by atoms with Crippen LogP contribution in [0.15, 0.2) is 0 Å². The standard InChI is InChI=1S/C13H25N3O3S/c1-3-10-20(18,19)16-8-6-15(7-9-16)13(17)12-11(2)4-5-14-12/h11-12,14H,3-10H2,1-2H3. The first kappa shape index (κ1) is 15.7. The molecule has 116 valence electrons. The lowest BCUT2D eigenvalue weighted by molar-refractivity contribution is -0.135. The van der Waals surface area contributed by atoms with Gasteiger partial charge in [-0.1, -0.05) is 13.8 Å². The van der Waals surface area contributed by atoms with Gasteiger partial charge in [-0.05, 0) is 25.3 Å². The molecule has 0 aromatic carbocycles. The van der Waals surface area contributed by atoms with Crippen LogP contribution in [0, 0.1) is 5.92 Å². The molecule has 2 aliphatic rings. The van der Waals surface area contributed by atoms with Crippen molar-refractivity contribution in [2.45, 2.75) is 32.7 Å². The molecule has 2 saturated heterocycles. The van der Waals surface area contributed by atoms with Gasteiger partial charge < -0.3 is 10.2 Å². The Bertz CT molecular complexity index is 444. The Balaban J connectivity index is 1.89. The predicted octanol–water partition coefficient (Wildman–Crippen LogP) is -0.132. The fraction of sp³-hybridized carbons (Fsp3) is 0.923. The Morgan fingerprint density at radius 3 is 2.40 bits per heavy atom. The van der Waals surface area contributed by atoms with E-state index in [1.165, 1.54) is 4.31 Å². The second kappa shape index (κ2) is 6.41. The largest absolute Gasteiger partial charge is 0.339 e. The van der Waals surface area contributed by atoms with Gasteiger partial charge in [-0.15, -0.1) is 0 Å². The lowest BCUT2D eigenvalue weighted by atomic mass is 10.0. The van der Waals surface area contributed by atoms with E-state index in [1.54, 1.807) is 4.90 Å². The van der Waals surface area contributed by atoms with Crippen molar-refractivity contribution in [2.24, 2.45) is 5.92 Å². The SMILES string of the molecule is CCCS(=O)(=O)N1CCN(C(=O)C2NCCC2C)CC1. The summed E-state index contributed by atoms with van der Waals surface area (Å²) >= 11 is 0. The van der Waals surface area contributed by atoms with Crippen LogP contribution < -0.4 is 5.32 Å². The number of carbonyl (C=O) groups excluding carboxylic acids is 1. The molecule has 0 aromatic rings. The van der Waals surface area contributed by atoms with E-state index in [0.717, 1.165) is 13.0 Å². The maximum absolute atomic E-state index is 12.4. The molecule has 2 aliphatic heterocycles. The van der Waals surface area contributed by atoms with Gasteiger partial charge in [-0.3, -0.25) is 4.79 Å².